The minimum Gasteiger partial charge on any atom is -0.272 e. The van der Waals surface area contributed by atoms with Gasteiger partial charge in [0.15, 0.2) is 4.75 Å². The molecule has 0 aromatic carbocycles. The van der Waals surface area contributed by atoms with Crippen LogP contribution in [0.15, 0.2) is 0 Å². The van der Waals surface area contributed by atoms with Crippen LogP contribution in [0.1, 0.15) is 13.3 Å². The first-order chi connectivity index (χ1) is 6.36. The third kappa shape index (κ3) is 1.21. The number of imide groups is 2. The van der Waals surface area contributed by atoms with Crippen molar-refractivity contribution in [3.63, 3.8) is 0 Å². The zero-order chi connectivity index (χ0) is 11.1. The second-order valence-electron chi connectivity index (χ2n) is 3.22. The molecule has 0 aromatic heterocycles. The van der Waals surface area contributed by atoms with Crippen LogP contribution in [0.4, 0.5) is 4.79 Å². The van der Waals surface area contributed by atoms with Gasteiger partial charge in [-0.2, -0.15) is 12.6 Å². The number of nitrogens with zero attached hydrogens (tertiary/aromatic N) is 2. The summed E-state index contributed by atoms with van der Waals surface area (Å²) in [6, 6.07) is -0.613. The smallest absolute Gasteiger partial charge is 0.272 e. The molecule has 5 nitrogen and oxygen atoms in total. The molecule has 0 unspecified atom stereocenters. The number of thiol groups is 1. The lowest BCUT2D eigenvalue weighted by Gasteiger charge is -2.38. The normalized spacial score (nSPS) is 21.9. The van der Waals surface area contributed by atoms with Crippen LogP contribution in [-0.4, -0.2) is 46.5 Å². The molecule has 0 N–H and O–H groups in total. The standard InChI is InChI=1S/C8H12N2O3S/c1-4-8(14)5(11)9(2)7(13)10(3)6(8)12/h14H,4H2,1-3H3. The second kappa shape index (κ2) is 3.27. The van der Waals surface area contributed by atoms with Crippen molar-refractivity contribution < 1.29 is 14.4 Å². The molecule has 0 radical (unpaired) electrons. The molecule has 4 amide bonds. The van der Waals surface area contributed by atoms with Crippen LogP contribution >= 0.6 is 12.6 Å². The maximum Gasteiger partial charge on any atom is 0.332 e. The number of amides is 4. The highest BCUT2D eigenvalue weighted by molar-refractivity contribution is 7.83. The zero-order valence-electron chi connectivity index (χ0n) is 8.27. The number of barbiturate groups is 1. The van der Waals surface area contributed by atoms with Gasteiger partial charge >= 0.3 is 6.03 Å². The van der Waals surface area contributed by atoms with Crippen LogP contribution < -0.4 is 0 Å². The molecule has 78 valence electrons. The Kier molecular flexibility index (Phi) is 2.58. The fourth-order valence-corrected chi connectivity index (χ4v) is 1.65. The molecule has 1 aliphatic heterocycles. The highest BCUT2D eigenvalue weighted by atomic mass is 32.1. The molecule has 0 atom stereocenters. The molecule has 14 heavy (non-hydrogen) atoms. The lowest BCUT2D eigenvalue weighted by Crippen LogP contribution is -2.64. The maximum atomic E-state index is 11.6. The van der Waals surface area contributed by atoms with Gasteiger partial charge in [0.05, 0.1) is 0 Å². The van der Waals surface area contributed by atoms with Crippen LogP contribution in [0.25, 0.3) is 0 Å². The largest absolute Gasteiger partial charge is 0.332 e. The number of urea groups is 1. The first kappa shape index (κ1) is 11.0. The number of hydrogen-bond acceptors (Lipinski definition) is 4. The van der Waals surface area contributed by atoms with Crippen molar-refractivity contribution in [3.8, 4) is 0 Å². The van der Waals surface area contributed by atoms with Crippen LogP contribution in [0.2, 0.25) is 0 Å². The first-order valence-electron chi connectivity index (χ1n) is 4.19. The summed E-state index contributed by atoms with van der Waals surface area (Å²) in [6.45, 7) is 1.68. The third-order valence-corrected chi connectivity index (χ3v) is 3.10. The molecule has 0 spiro atoms. The quantitative estimate of drug-likeness (QED) is 0.500. The van der Waals surface area contributed by atoms with Gasteiger partial charge in [0.1, 0.15) is 0 Å². The van der Waals surface area contributed by atoms with Crippen molar-refractivity contribution in [1.29, 1.82) is 0 Å². The van der Waals surface area contributed by atoms with Gasteiger partial charge in [-0.05, 0) is 6.42 Å². The maximum absolute atomic E-state index is 11.6. The van der Waals surface area contributed by atoms with E-state index in [0.29, 0.717) is 0 Å². The van der Waals surface area contributed by atoms with Crippen LogP contribution in [0.5, 0.6) is 0 Å². The Morgan fingerprint density at radius 3 is 1.79 bits per heavy atom. The van der Waals surface area contributed by atoms with Crippen molar-refractivity contribution in [1.82, 2.24) is 9.80 Å². The summed E-state index contributed by atoms with van der Waals surface area (Å²) in [5, 5.41) is 0. The van der Waals surface area contributed by atoms with Crippen LogP contribution in [0.3, 0.4) is 0 Å². The number of rotatable bonds is 1. The van der Waals surface area contributed by atoms with Gasteiger partial charge in [0.2, 0.25) is 0 Å². The van der Waals surface area contributed by atoms with Gasteiger partial charge in [0.25, 0.3) is 11.8 Å². The van der Waals surface area contributed by atoms with Crippen molar-refractivity contribution in [2.45, 2.75) is 18.1 Å². The predicted molar refractivity (Wildman–Crippen MR) is 52.9 cm³/mol. The molecular formula is C8H12N2O3S. The van der Waals surface area contributed by atoms with E-state index in [1.807, 2.05) is 0 Å². The van der Waals surface area contributed by atoms with Crippen molar-refractivity contribution >= 4 is 30.5 Å². The minimum absolute atomic E-state index is 0.260. The Labute approximate surface area is 87.4 Å². The van der Waals surface area contributed by atoms with E-state index in [9.17, 15) is 14.4 Å². The Balaban J connectivity index is 3.17. The molecule has 0 saturated carbocycles. The lowest BCUT2D eigenvalue weighted by molar-refractivity contribution is -0.145. The number of carbonyl (C=O) groups excluding carboxylic acids is 3. The van der Waals surface area contributed by atoms with Crippen LogP contribution in [-0.2, 0) is 9.59 Å². The van der Waals surface area contributed by atoms with E-state index < -0.39 is 22.6 Å². The Hall–Kier alpha value is -1.04. The molecule has 1 rings (SSSR count). The fraction of sp³-hybridized carbons (Fsp3) is 0.625. The molecule has 0 aromatic rings. The Morgan fingerprint density at radius 1 is 1.14 bits per heavy atom. The molecular weight excluding hydrogens is 204 g/mol. The van der Waals surface area contributed by atoms with Gasteiger partial charge in [-0.25, -0.2) is 4.79 Å². The third-order valence-electron chi connectivity index (χ3n) is 2.40. The second-order valence-corrected chi connectivity index (χ2v) is 3.99. The molecule has 1 heterocycles. The molecule has 6 heteroatoms. The van der Waals surface area contributed by atoms with E-state index in [0.717, 1.165) is 9.80 Å². The summed E-state index contributed by atoms with van der Waals surface area (Å²) in [5.74, 6) is -1.12. The van der Waals surface area contributed by atoms with Crippen molar-refractivity contribution in [3.05, 3.63) is 0 Å². The summed E-state index contributed by atoms with van der Waals surface area (Å²) in [6.07, 6.45) is 0.260. The monoisotopic (exact) mass is 216 g/mol. The topological polar surface area (TPSA) is 57.7 Å². The summed E-state index contributed by atoms with van der Waals surface area (Å²) in [7, 11) is 2.68. The van der Waals surface area contributed by atoms with E-state index in [1.54, 1.807) is 6.92 Å². The highest BCUT2D eigenvalue weighted by Crippen LogP contribution is 2.28. The van der Waals surface area contributed by atoms with E-state index in [1.165, 1.54) is 14.1 Å². The zero-order valence-corrected chi connectivity index (χ0v) is 9.17. The molecule has 1 fully saturated rings. The summed E-state index contributed by atoms with van der Waals surface area (Å²) >= 11 is 4.06. The summed E-state index contributed by atoms with van der Waals surface area (Å²) in [5.41, 5.74) is 0. The Morgan fingerprint density at radius 2 is 1.50 bits per heavy atom. The van der Waals surface area contributed by atoms with Crippen molar-refractivity contribution in [2.24, 2.45) is 0 Å². The van der Waals surface area contributed by atoms with Gasteiger partial charge < -0.3 is 0 Å². The van der Waals surface area contributed by atoms with Gasteiger partial charge in [0, 0.05) is 14.1 Å². The fourth-order valence-electron chi connectivity index (χ4n) is 1.35. The molecule has 0 aliphatic carbocycles. The number of hydrogen-bond donors (Lipinski definition) is 1. The molecule has 1 saturated heterocycles. The van der Waals surface area contributed by atoms with Gasteiger partial charge in [-0.1, -0.05) is 6.92 Å². The molecule has 0 bridgehead atoms. The van der Waals surface area contributed by atoms with Crippen LogP contribution in [0, 0.1) is 0 Å². The summed E-state index contributed by atoms with van der Waals surface area (Å²) in [4.78, 5) is 36.4. The van der Waals surface area contributed by atoms with E-state index in [-0.39, 0.29) is 6.42 Å². The average Bonchev–Trinajstić information content (AvgIpc) is 2.21. The average molecular weight is 216 g/mol. The van der Waals surface area contributed by atoms with Crippen molar-refractivity contribution in [2.75, 3.05) is 14.1 Å². The van der Waals surface area contributed by atoms with E-state index in [2.05, 4.69) is 12.6 Å². The minimum atomic E-state index is -1.39. The first-order valence-corrected chi connectivity index (χ1v) is 4.63. The molecule has 1 aliphatic rings. The van der Waals surface area contributed by atoms with Gasteiger partial charge in [-0.3, -0.25) is 19.4 Å². The lowest BCUT2D eigenvalue weighted by atomic mass is 10.00. The number of carbonyl (C=O) groups is 3. The Bertz CT molecular complexity index is 292. The SMILES string of the molecule is CCC1(S)C(=O)N(C)C(=O)N(C)C1=O. The van der Waals surface area contributed by atoms with E-state index >= 15 is 0 Å². The van der Waals surface area contributed by atoms with Gasteiger partial charge in [-0.15, -0.1) is 0 Å². The predicted octanol–water partition coefficient (Wildman–Crippen LogP) is 0.115. The highest BCUT2D eigenvalue weighted by Gasteiger charge is 2.51. The van der Waals surface area contributed by atoms with E-state index in [4.69, 9.17) is 0 Å². The summed E-state index contributed by atoms with van der Waals surface area (Å²) < 4.78 is -1.39.